The van der Waals surface area contributed by atoms with E-state index in [0.29, 0.717) is 13.0 Å². The van der Waals surface area contributed by atoms with Crippen molar-refractivity contribution in [3.8, 4) is 0 Å². The number of anilines is 1. The van der Waals surface area contributed by atoms with Gasteiger partial charge in [0.2, 0.25) is 0 Å². The second kappa shape index (κ2) is 7.08. The van der Waals surface area contributed by atoms with Crippen molar-refractivity contribution >= 4 is 23.7 Å². The first-order chi connectivity index (χ1) is 10.9. The van der Waals surface area contributed by atoms with Crippen LogP contribution >= 0.6 is 0 Å². The minimum absolute atomic E-state index is 0.129. The summed E-state index contributed by atoms with van der Waals surface area (Å²) in [4.78, 5) is 35.4. The largest absolute Gasteiger partial charge is 0.481 e. The van der Waals surface area contributed by atoms with Gasteiger partial charge in [-0.3, -0.25) is 9.59 Å². The third-order valence-corrected chi connectivity index (χ3v) is 3.69. The summed E-state index contributed by atoms with van der Waals surface area (Å²) in [5, 5.41) is 11.4. The van der Waals surface area contributed by atoms with Crippen LogP contribution in [0, 0.1) is 11.7 Å². The number of hydrogen-bond acceptors (Lipinski definition) is 4. The number of nitrogens with one attached hydrogen (secondary N) is 1. The fourth-order valence-corrected chi connectivity index (χ4v) is 2.34. The van der Waals surface area contributed by atoms with Crippen LogP contribution in [0.2, 0.25) is 0 Å². The van der Waals surface area contributed by atoms with Gasteiger partial charge in [-0.1, -0.05) is 6.07 Å². The van der Waals surface area contributed by atoms with Gasteiger partial charge in [0.15, 0.2) is 0 Å². The molecule has 1 fully saturated rings. The highest BCUT2D eigenvalue weighted by Crippen LogP contribution is 2.19. The summed E-state index contributed by atoms with van der Waals surface area (Å²) in [7, 11) is 1.22. The second-order valence-corrected chi connectivity index (χ2v) is 5.26. The van der Waals surface area contributed by atoms with Crippen LogP contribution in [-0.4, -0.2) is 48.2 Å². The molecule has 2 amide bonds. The van der Waals surface area contributed by atoms with E-state index in [4.69, 9.17) is 5.11 Å². The van der Waals surface area contributed by atoms with E-state index in [1.807, 2.05) is 0 Å². The Kier molecular flexibility index (Phi) is 5.15. The first-order valence-corrected chi connectivity index (χ1v) is 7.04. The number of halogens is 1. The molecule has 1 saturated heterocycles. The molecule has 2 rings (SSSR count). The van der Waals surface area contributed by atoms with Crippen LogP contribution in [0.3, 0.4) is 0 Å². The Hall–Kier alpha value is -2.64. The predicted molar refractivity (Wildman–Crippen MR) is 78.5 cm³/mol. The topological polar surface area (TPSA) is 95.9 Å². The smallest absolute Gasteiger partial charge is 0.321 e. The molecule has 23 heavy (non-hydrogen) atoms. The van der Waals surface area contributed by atoms with E-state index >= 15 is 0 Å². The molecule has 1 aromatic rings. The first kappa shape index (κ1) is 16.7. The molecule has 0 radical (unpaired) electrons. The van der Waals surface area contributed by atoms with Crippen molar-refractivity contribution in [2.24, 2.45) is 5.92 Å². The highest BCUT2D eigenvalue weighted by molar-refractivity contribution is 5.90. The maximum Gasteiger partial charge on any atom is 0.321 e. The summed E-state index contributed by atoms with van der Waals surface area (Å²) in [5.41, 5.74) is 0.404. The van der Waals surface area contributed by atoms with Crippen LogP contribution in [-0.2, 0) is 20.7 Å². The summed E-state index contributed by atoms with van der Waals surface area (Å²) < 4.78 is 18.4. The lowest BCUT2D eigenvalue weighted by molar-refractivity contribution is -0.141. The molecule has 1 unspecified atom stereocenters. The molecule has 2 N–H and O–H groups in total. The zero-order valence-corrected chi connectivity index (χ0v) is 12.5. The summed E-state index contributed by atoms with van der Waals surface area (Å²) in [6.45, 7) is 0.468. The normalized spacial score (nSPS) is 17.0. The van der Waals surface area contributed by atoms with Crippen molar-refractivity contribution in [1.82, 2.24) is 4.90 Å². The van der Waals surface area contributed by atoms with E-state index in [2.05, 4.69) is 10.1 Å². The fourth-order valence-electron chi connectivity index (χ4n) is 2.34. The average Bonchev–Trinajstić information content (AvgIpc) is 3.00. The maximum absolute atomic E-state index is 13.9. The van der Waals surface area contributed by atoms with Gasteiger partial charge in [-0.15, -0.1) is 0 Å². The van der Waals surface area contributed by atoms with Crippen LogP contribution in [0.25, 0.3) is 0 Å². The summed E-state index contributed by atoms with van der Waals surface area (Å²) >= 11 is 0. The number of methoxy groups -OCH3 is 1. The van der Waals surface area contributed by atoms with Crippen molar-refractivity contribution in [3.63, 3.8) is 0 Å². The molecule has 1 aliphatic heterocycles. The number of carbonyl (C=O) groups excluding carboxylic acids is 2. The Bertz CT molecular complexity index is 634. The molecule has 1 aromatic carbocycles. The average molecular weight is 324 g/mol. The Morgan fingerprint density at radius 2 is 2.17 bits per heavy atom. The highest BCUT2D eigenvalue weighted by atomic mass is 19.1. The van der Waals surface area contributed by atoms with E-state index in [0.717, 1.165) is 6.07 Å². The quantitative estimate of drug-likeness (QED) is 0.818. The van der Waals surface area contributed by atoms with E-state index in [1.54, 1.807) is 0 Å². The molecule has 1 atom stereocenters. The van der Waals surface area contributed by atoms with E-state index in [-0.39, 0.29) is 24.2 Å². The van der Waals surface area contributed by atoms with E-state index < -0.39 is 29.7 Å². The summed E-state index contributed by atoms with van der Waals surface area (Å²) in [6.07, 6.45) is 0.207. The number of carbonyl (C=O) groups is 3. The molecule has 7 nitrogen and oxygen atoms in total. The molecular formula is C15H17FN2O5. The number of rotatable bonds is 4. The number of benzene rings is 1. The number of urea groups is 1. The van der Waals surface area contributed by atoms with Crippen molar-refractivity contribution < 1.29 is 28.6 Å². The highest BCUT2D eigenvalue weighted by Gasteiger charge is 2.30. The maximum atomic E-state index is 13.9. The number of ether oxygens (including phenoxy) is 1. The number of esters is 1. The van der Waals surface area contributed by atoms with Gasteiger partial charge in [0, 0.05) is 18.8 Å². The van der Waals surface area contributed by atoms with Gasteiger partial charge in [-0.25, -0.2) is 9.18 Å². The minimum Gasteiger partial charge on any atom is -0.481 e. The number of nitrogens with zero attached hydrogens (tertiary/aromatic N) is 1. The lowest BCUT2D eigenvalue weighted by Crippen LogP contribution is -2.33. The van der Waals surface area contributed by atoms with Crippen molar-refractivity contribution in [2.75, 3.05) is 25.5 Å². The van der Waals surface area contributed by atoms with Gasteiger partial charge in [0.05, 0.1) is 19.4 Å². The molecule has 1 heterocycles. The fraction of sp³-hybridized carbons (Fsp3) is 0.400. The van der Waals surface area contributed by atoms with Crippen LogP contribution < -0.4 is 5.32 Å². The molecule has 0 aliphatic carbocycles. The Balaban J connectivity index is 1.98. The molecule has 124 valence electrons. The number of carboxylic acids is 1. The Morgan fingerprint density at radius 3 is 2.74 bits per heavy atom. The van der Waals surface area contributed by atoms with Gasteiger partial charge >= 0.3 is 18.0 Å². The molecule has 8 heteroatoms. The molecule has 1 aliphatic rings. The first-order valence-electron chi connectivity index (χ1n) is 7.04. The lowest BCUT2D eigenvalue weighted by atomic mass is 10.1. The predicted octanol–water partition coefficient (Wildman–Crippen LogP) is 1.48. The van der Waals surface area contributed by atoms with Gasteiger partial charge < -0.3 is 20.1 Å². The van der Waals surface area contributed by atoms with Gasteiger partial charge in [0.25, 0.3) is 0 Å². The molecular weight excluding hydrogens is 307 g/mol. The Morgan fingerprint density at radius 1 is 1.43 bits per heavy atom. The third kappa shape index (κ3) is 4.18. The zero-order chi connectivity index (χ0) is 17.0. The van der Waals surface area contributed by atoms with E-state index in [9.17, 15) is 18.8 Å². The van der Waals surface area contributed by atoms with E-state index in [1.165, 1.54) is 24.1 Å². The SMILES string of the molecule is COC(=O)Cc1ccc(NC(=O)N2CCC(C(=O)O)C2)cc1F. The monoisotopic (exact) mass is 324 g/mol. The van der Waals surface area contributed by atoms with Gasteiger partial charge in [-0.05, 0) is 24.1 Å². The van der Waals surface area contributed by atoms with Crippen LogP contribution in [0.15, 0.2) is 18.2 Å². The molecule has 0 bridgehead atoms. The molecule has 0 aromatic heterocycles. The van der Waals surface area contributed by atoms with Crippen molar-refractivity contribution in [2.45, 2.75) is 12.8 Å². The second-order valence-electron chi connectivity index (χ2n) is 5.26. The van der Waals surface area contributed by atoms with Gasteiger partial charge in [-0.2, -0.15) is 0 Å². The summed E-state index contributed by atoms with van der Waals surface area (Å²) in [5.74, 6) is -2.69. The zero-order valence-electron chi connectivity index (χ0n) is 12.5. The van der Waals surface area contributed by atoms with Gasteiger partial charge in [0.1, 0.15) is 5.82 Å². The van der Waals surface area contributed by atoms with Crippen LogP contribution in [0.4, 0.5) is 14.9 Å². The standard InChI is InChI=1S/C15H17FN2O5/c1-23-13(19)6-9-2-3-11(7-12(9)16)17-15(22)18-5-4-10(8-18)14(20)21/h2-3,7,10H,4-6,8H2,1H3,(H,17,22)(H,20,21). The third-order valence-electron chi connectivity index (χ3n) is 3.69. The number of carboxylic acid groups (broad SMARTS) is 1. The van der Waals surface area contributed by atoms with Crippen molar-refractivity contribution in [1.29, 1.82) is 0 Å². The Labute approximate surface area is 132 Å². The lowest BCUT2D eigenvalue weighted by Gasteiger charge is -2.17. The number of likely N-dealkylation sites (tertiary alicyclic amines) is 1. The number of amides is 2. The number of aliphatic carboxylic acids is 1. The molecule has 0 saturated carbocycles. The summed E-state index contributed by atoms with van der Waals surface area (Å²) in [6, 6.07) is 3.51. The number of hydrogen-bond donors (Lipinski definition) is 2. The van der Waals surface area contributed by atoms with Crippen LogP contribution in [0.1, 0.15) is 12.0 Å². The molecule has 0 spiro atoms. The van der Waals surface area contributed by atoms with Crippen molar-refractivity contribution in [3.05, 3.63) is 29.6 Å². The van der Waals surface area contributed by atoms with Crippen LogP contribution in [0.5, 0.6) is 0 Å². The minimum atomic E-state index is -0.932.